The Morgan fingerprint density at radius 2 is 1.65 bits per heavy atom. The third kappa shape index (κ3) is 7.10. The van der Waals surface area contributed by atoms with Gasteiger partial charge in [-0.1, -0.05) is 66.9 Å². The lowest BCUT2D eigenvalue weighted by Gasteiger charge is -2.15. The number of carbonyl (C=O) groups is 1. The predicted octanol–water partition coefficient (Wildman–Crippen LogP) is 4.41. The fourth-order valence-electron chi connectivity index (χ4n) is 3.61. The molecule has 2 aromatic carbocycles. The SMILES string of the molecule is N/C(=N\O)C1(NC(=O)c2ccc(CCCCCCCOCc3ccccc3)cc2)CC1. The Morgan fingerprint density at radius 3 is 2.32 bits per heavy atom. The van der Waals surface area contributed by atoms with E-state index in [2.05, 4.69) is 22.6 Å². The molecule has 6 heteroatoms. The Labute approximate surface area is 184 Å². The summed E-state index contributed by atoms with van der Waals surface area (Å²) in [4.78, 5) is 12.4. The van der Waals surface area contributed by atoms with Gasteiger partial charge in [-0.3, -0.25) is 4.79 Å². The molecule has 166 valence electrons. The highest BCUT2D eigenvalue weighted by Gasteiger charge is 2.48. The van der Waals surface area contributed by atoms with Gasteiger partial charge in [0.15, 0.2) is 5.84 Å². The number of amides is 1. The highest BCUT2D eigenvalue weighted by molar-refractivity contribution is 6.01. The molecule has 0 bridgehead atoms. The lowest BCUT2D eigenvalue weighted by Crippen LogP contribution is -2.46. The summed E-state index contributed by atoms with van der Waals surface area (Å²) in [6, 6.07) is 18.0. The van der Waals surface area contributed by atoms with Crippen molar-refractivity contribution in [1.29, 1.82) is 0 Å². The van der Waals surface area contributed by atoms with E-state index in [1.54, 1.807) is 0 Å². The number of nitrogens with one attached hydrogen (secondary N) is 1. The Hall–Kier alpha value is -2.86. The third-order valence-corrected chi connectivity index (χ3v) is 5.78. The van der Waals surface area contributed by atoms with Gasteiger partial charge >= 0.3 is 0 Å². The van der Waals surface area contributed by atoms with E-state index in [4.69, 9.17) is 15.7 Å². The summed E-state index contributed by atoms with van der Waals surface area (Å²) in [5, 5.41) is 14.8. The molecule has 1 saturated carbocycles. The largest absolute Gasteiger partial charge is 0.409 e. The van der Waals surface area contributed by atoms with E-state index in [0.717, 1.165) is 25.9 Å². The minimum Gasteiger partial charge on any atom is -0.409 e. The minimum atomic E-state index is -0.670. The fourth-order valence-corrected chi connectivity index (χ4v) is 3.61. The van der Waals surface area contributed by atoms with Crippen molar-refractivity contribution in [2.24, 2.45) is 10.9 Å². The first-order chi connectivity index (χ1) is 15.1. The van der Waals surface area contributed by atoms with Gasteiger partial charge in [0.25, 0.3) is 5.91 Å². The van der Waals surface area contributed by atoms with Gasteiger partial charge in [-0.15, -0.1) is 0 Å². The van der Waals surface area contributed by atoms with Gasteiger partial charge in [0, 0.05) is 12.2 Å². The van der Waals surface area contributed by atoms with Crippen LogP contribution in [-0.2, 0) is 17.8 Å². The normalized spacial score (nSPS) is 14.9. The number of ether oxygens (including phenoxy) is 1. The van der Waals surface area contributed by atoms with Crippen LogP contribution < -0.4 is 11.1 Å². The molecule has 31 heavy (non-hydrogen) atoms. The first-order valence-electron chi connectivity index (χ1n) is 11.1. The van der Waals surface area contributed by atoms with Crippen LogP contribution >= 0.6 is 0 Å². The van der Waals surface area contributed by atoms with Gasteiger partial charge in [-0.05, 0) is 55.4 Å². The van der Waals surface area contributed by atoms with Crippen LogP contribution in [0.4, 0.5) is 0 Å². The summed E-state index contributed by atoms with van der Waals surface area (Å²) in [6.07, 6.45) is 8.26. The molecule has 0 heterocycles. The molecule has 0 saturated heterocycles. The second kappa shape index (κ2) is 11.5. The van der Waals surface area contributed by atoms with Crippen LogP contribution in [0.3, 0.4) is 0 Å². The number of carbonyl (C=O) groups excluding carboxylic acids is 1. The zero-order valence-electron chi connectivity index (χ0n) is 18.1. The maximum Gasteiger partial charge on any atom is 0.252 e. The molecule has 0 atom stereocenters. The number of benzene rings is 2. The van der Waals surface area contributed by atoms with Crippen LogP contribution in [0.15, 0.2) is 59.8 Å². The lowest BCUT2D eigenvalue weighted by atomic mass is 10.0. The number of hydrogen-bond donors (Lipinski definition) is 3. The summed E-state index contributed by atoms with van der Waals surface area (Å²) in [5.74, 6) is -0.120. The molecule has 1 aliphatic carbocycles. The third-order valence-electron chi connectivity index (χ3n) is 5.78. The van der Waals surface area contributed by atoms with E-state index in [1.807, 2.05) is 42.5 Å². The smallest absolute Gasteiger partial charge is 0.252 e. The average Bonchev–Trinajstić information content (AvgIpc) is 3.59. The van der Waals surface area contributed by atoms with Crippen LogP contribution in [0.5, 0.6) is 0 Å². The molecular weight excluding hydrogens is 390 g/mol. The summed E-state index contributed by atoms with van der Waals surface area (Å²) in [6.45, 7) is 1.51. The highest BCUT2D eigenvalue weighted by Crippen LogP contribution is 2.35. The predicted molar refractivity (Wildman–Crippen MR) is 122 cm³/mol. The monoisotopic (exact) mass is 423 g/mol. The van der Waals surface area contributed by atoms with Crippen molar-refractivity contribution < 1.29 is 14.7 Å². The molecule has 6 nitrogen and oxygen atoms in total. The maximum atomic E-state index is 12.4. The molecule has 0 radical (unpaired) electrons. The zero-order valence-corrected chi connectivity index (χ0v) is 18.1. The van der Waals surface area contributed by atoms with Crippen molar-refractivity contribution in [2.75, 3.05) is 6.61 Å². The number of rotatable bonds is 13. The van der Waals surface area contributed by atoms with Crippen molar-refractivity contribution in [2.45, 2.75) is 63.5 Å². The van der Waals surface area contributed by atoms with Crippen LogP contribution in [-0.4, -0.2) is 29.1 Å². The standard InChI is InChI=1S/C25H33N3O3/c26-24(28-30)25(16-17-25)27-23(29)22-14-12-20(13-15-22)9-5-2-1-3-8-18-31-19-21-10-6-4-7-11-21/h4,6-7,10-15,30H,1-3,5,8-9,16-19H2,(H2,26,28)(H,27,29). The van der Waals surface area contributed by atoms with Gasteiger partial charge in [0.05, 0.1) is 6.61 Å². The number of oxime groups is 1. The van der Waals surface area contributed by atoms with Gasteiger partial charge in [0.1, 0.15) is 5.54 Å². The van der Waals surface area contributed by atoms with Crippen LogP contribution in [0.1, 0.15) is 66.4 Å². The number of hydrogen-bond acceptors (Lipinski definition) is 4. The number of amidine groups is 1. The Morgan fingerprint density at radius 1 is 0.968 bits per heavy atom. The fraction of sp³-hybridized carbons (Fsp3) is 0.440. The second-order valence-electron chi connectivity index (χ2n) is 8.27. The maximum absolute atomic E-state index is 12.4. The Balaban J connectivity index is 1.25. The Kier molecular flexibility index (Phi) is 8.47. The molecule has 4 N–H and O–H groups in total. The number of nitrogens with zero attached hydrogens (tertiary/aromatic N) is 1. The quantitative estimate of drug-likeness (QED) is 0.146. The van der Waals surface area contributed by atoms with Crippen LogP contribution in [0.25, 0.3) is 0 Å². The van der Waals surface area contributed by atoms with Gasteiger partial charge in [0.2, 0.25) is 0 Å². The highest BCUT2D eigenvalue weighted by atomic mass is 16.5. The molecule has 0 spiro atoms. The molecule has 1 aliphatic rings. The van der Waals surface area contributed by atoms with Crippen molar-refractivity contribution >= 4 is 11.7 Å². The van der Waals surface area contributed by atoms with Crippen molar-refractivity contribution in [1.82, 2.24) is 5.32 Å². The van der Waals surface area contributed by atoms with E-state index in [1.165, 1.54) is 30.4 Å². The molecule has 0 aromatic heterocycles. The molecule has 1 amide bonds. The van der Waals surface area contributed by atoms with Crippen LogP contribution in [0.2, 0.25) is 0 Å². The Bertz CT molecular complexity index is 846. The van der Waals surface area contributed by atoms with Crippen molar-refractivity contribution in [3.8, 4) is 0 Å². The zero-order chi connectivity index (χ0) is 21.9. The molecule has 2 aromatic rings. The van der Waals surface area contributed by atoms with E-state index in [9.17, 15) is 4.79 Å². The first-order valence-corrected chi connectivity index (χ1v) is 11.1. The number of aryl methyl sites for hydroxylation is 1. The molecule has 3 rings (SSSR count). The van der Waals surface area contributed by atoms with E-state index >= 15 is 0 Å². The van der Waals surface area contributed by atoms with Crippen molar-refractivity contribution in [3.63, 3.8) is 0 Å². The van der Waals surface area contributed by atoms with Crippen molar-refractivity contribution in [3.05, 3.63) is 71.3 Å². The van der Waals surface area contributed by atoms with E-state index in [0.29, 0.717) is 25.0 Å². The van der Waals surface area contributed by atoms with E-state index < -0.39 is 5.54 Å². The van der Waals surface area contributed by atoms with E-state index in [-0.39, 0.29) is 11.7 Å². The molecule has 1 fully saturated rings. The molecular formula is C25H33N3O3. The van der Waals surface area contributed by atoms with Crippen LogP contribution in [0, 0.1) is 0 Å². The van der Waals surface area contributed by atoms with Gasteiger partial charge < -0.3 is 21.0 Å². The molecule has 0 aliphatic heterocycles. The average molecular weight is 424 g/mol. The van der Waals surface area contributed by atoms with Gasteiger partial charge in [-0.2, -0.15) is 0 Å². The molecule has 0 unspecified atom stereocenters. The number of nitrogens with two attached hydrogens (primary N) is 1. The summed E-state index contributed by atoms with van der Waals surface area (Å²) >= 11 is 0. The topological polar surface area (TPSA) is 96.9 Å². The summed E-state index contributed by atoms with van der Waals surface area (Å²) in [5.41, 5.74) is 8.06. The lowest BCUT2D eigenvalue weighted by molar-refractivity contribution is 0.0942. The summed E-state index contributed by atoms with van der Waals surface area (Å²) < 4.78 is 5.72. The second-order valence-corrected chi connectivity index (χ2v) is 8.27. The minimum absolute atomic E-state index is 0.0697. The first kappa shape index (κ1) is 22.8. The number of unbranched alkanes of at least 4 members (excludes halogenated alkanes) is 4. The summed E-state index contributed by atoms with van der Waals surface area (Å²) in [7, 11) is 0. The van der Waals surface area contributed by atoms with Gasteiger partial charge in [-0.25, -0.2) is 0 Å².